The Morgan fingerprint density at radius 3 is 2.62 bits per heavy atom. The van der Waals surface area contributed by atoms with Gasteiger partial charge in [-0.2, -0.15) is 0 Å². The lowest BCUT2D eigenvalue weighted by Crippen LogP contribution is -2.34. The Kier molecular flexibility index (Phi) is 3.34. The molecule has 0 aliphatic heterocycles. The van der Waals surface area contributed by atoms with Gasteiger partial charge in [0.2, 0.25) is 0 Å². The minimum absolute atomic E-state index is 0.153. The Hall–Kier alpha value is -1.22. The number of hydrogen-bond acceptors (Lipinski definition) is 1. The van der Waals surface area contributed by atoms with E-state index >= 15 is 0 Å². The third-order valence-corrected chi connectivity index (χ3v) is 2.85. The second kappa shape index (κ2) is 4.74. The molecule has 1 saturated carbocycles. The smallest absolute Gasteiger partial charge is 0.189 e. The monoisotopic (exact) mass is 237 g/mol. The summed E-state index contributed by atoms with van der Waals surface area (Å²) in [6.45, 7) is 2.05. The molecule has 1 aliphatic rings. The molecule has 3 nitrogen and oxygen atoms in total. The number of aliphatic imine (C=N–C) groups is 1. The Labute approximate surface area is 101 Å². The zero-order valence-corrected chi connectivity index (χ0v) is 10.0. The van der Waals surface area contributed by atoms with E-state index in [2.05, 4.69) is 17.2 Å². The molecule has 16 heavy (non-hydrogen) atoms. The van der Waals surface area contributed by atoms with E-state index in [9.17, 15) is 0 Å². The third-order valence-electron chi connectivity index (χ3n) is 2.60. The van der Waals surface area contributed by atoms with E-state index in [1.807, 2.05) is 24.3 Å². The maximum atomic E-state index is 5.83. The first-order valence-electron chi connectivity index (χ1n) is 5.50. The van der Waals surface area contributed by atoms with Crippen molar-refractivity contribution in [2.75, 3.05) is 0 Å². The summed E-state index contributed by atoms with van der Waals surface area (Å²) >= 11 is 5.83. The van der Waals surface area contributed by atoms with E-state index in [4.69, 9.17) is 17.3 Å². The Balaban J connectivity index is 1.96. The minimum atomic E-state index is 0.153. The van der Waals surface area contributed by atoms with E-state index in [0.717, 1.165) is 23.4 Å². The number of halogens is 1. The molecule has 0 heterocycles. The molecule has 0 amide bonds. The van der Waals surface area contributed by atoms with Gasteiger partial charge in [0, 0.05) is 5.02 Å². The van der Waals surface area contributed by atoms with Crippen molar-refractivity contribution < 1.29 is 0 Å². The lowest BCUT2D eigenvalue weighted by atomic mass is 10.1. The average Bonchev–Trinajstić information content (AvgIpc) is 3.02. The van der Waals surface area contributed by atoms with E-state index < -0.39 is 0 Å². The van der Waals surface area contributed by atoms with Crippen LogP contribution in [0.2, 0.25) is 5.02 Å². The zero-order chi connectivity index (χ0) is 11.5. The van der Waals surface area contributed by atoms with Gasteiger partial charge in [-0.05, 0) is 37.5 Å². The highest BCUT2D eigenvalue weighted by Crippen LogP contribution is 2.23. The van der Waals surface area contributed by atoms with Crippen molar-refractivity contribution in [3.63, 3.8) is 0 Å². The maximum absolute atomic E-state index is 5.83. The number of nitrogens with zero attached hydrogens (tertiary/aromatic N) is 1. The molecule has 1 aromatic rings. The Morgan fingerprint density at radius 1 is 1.44 bits per heavy atom. The fraction of sp³-hybridized carbons (Fsp3) is 0.417. The molecule has 0 saturated heterocycles. The van der Waals surface area contributed by atoms with E-state index in [0.29, 0.717) is 12.0 Å². The van der Waals surface area contributed by atoms with Gasteiger partial charge in [-0.15, -0.1) is 0 Å². The second-order valence-electron chi connectivity index (χ2n) is 4.16. The summed E-state index contributed by atoms with van der Waals surface area (Å²) in [6, 6.07) is 8.34. The molecular formula is C12H16ClN3. The van der Waals surface area contributed by atoms with Gasteiger partial charge in [-0.25, -0.2) is 0 Å². The van der Waals surface area contributed by atoms with Crippen LogP contribution in [0.4, 0.5) is 0 Å². The normalized spacial score (nSPS) is 18.2. The van der Waals surface area contributed by atoms with Crippen LogP contribution in [0.5, 0.6) is 0 Å². The molecule has 1 fully saturated rings. The largest absolute Gasteiger partial charge is 0.370 e. The molecule has 1 unspecified atom stereocenters. The predicted molar refractivity (Wildman–Crippen MR) is 67.6 cm³/mol. The van der Waals surface area contributed by atoms with Gasteiger partial charge >= 0.3 is 0 Å². The second-order valence-corrected chi connectivity index (χ2v) is 4.60. The summed E-state index contributed by atoms with van der Waals surface area (Å²) in [5, 5.41) is 3.92. The minimum Gasteiger partial charge on any atom is -0.370 e. The van der Waals surface area contributed by atoms with E-state index in [1.54, 1.807) is 0 Å². The van der Waals surface area contributed by atoms with Gasteiger partial charge in [0.1, 0.15) is 0 Å². The molecule has 0 aromatic heterocycles. The average molecular weight is 238 g/mol. The molecule has 0 spiro atoms. The van der Waals surface area contributed by atoms with Crippen LogP contribution in [0, 0.1) is 0 Å². The Morgan fingerprint density at radius 2 is 2.06 bits per heavy atom. The number of rotatable bonds is 3. The van der Waals surface area contributed by atoms with Gasteiger partial charge in [0.15, 0.2) is 5.96 Å². The number of guanidine groups is 1. The van der Waals surface area contributed by atoms with Gasteiger partial charge in [0.25, 0.3) is 0 Å². The molecule has 86 valence electrons. The van der Waals surface area contributed by atoms with Crippen molar-refractivity contribution in [1.82, 2.24) is 5.32 Å². The van der Waals surface area contributed by atoms with Crippen LogP contribution in [-0.2, 0) is 0 Å². The van der Waals surface area contributed by atoms with Crippen LogP contribution in [0.15, 0.2) is 29.3 Å². The van der Waals surface area contributed by atoms with Crippen molar-refractivity contribution in [2.45, 2.75) is 31.8 Å². The van der Waals surface area contributed by atoms with Crippen LogP contribution in [-0.4, -0.2) is 12.0 Å². The maximum Gasteiger partial charge on any atom is 0.189 e. The molecule has 0 radical (unpaired) electrons. The van der Waals surface area contributed by atoms with Crippen molar-refractivity contribution in [3.8, 4) is 0 Å². The van der Waals surface area contributed by atoms with Crippen LogP contribution in [0.1, 0.15) is 31.4 Å². The molecule has 3 N–H and O–H groups in total. The molecule has 1 aliphatic carbocycles. The summed E-state index contributed by atoms with van der Waals surface area (Å²) in [5.41, 5.74) is 6.95. The number of nitrogens with one attached hydrogen (secondary N) is 1. The Bertz CT molecular complexity index is 382. The number of benzene rings is 1. The van der Waals surface area contributed by atoms with E-state index in [-0.39, 0.29) is 6.04 Å². The topological polar surface area (TPSA) is 50.4 Å². The van der Waals surface area contributed by atoms with Gasteiger partial charge in [0.05, 0.1) is 12.1 Å². The molecule has 1 aromatic carbocycles. The van der Waals surface area contributed by atoms with Gasteiger partial charge < -0.3 is 11.1 Å². The standard InChI is InChI=1S/C12H16ClN3/c1-8(9-2-4-10(13)5-3-9)15-12(14)16-11-6-7-11/h2-5,8,11H,6-7H2,1H3,(H3,14,15,16). The zero-order valence-electron chi connectivity index (χ0n) is 9.28. The van der Waals surface area contributed by atoms with Crippen LogP contribution < -0.4 is 11.1 Å². The molecular weight excluding hydrogens is 222 g/mol. The lowest BCUT2D eigenvalue weighted by Gasteiger charge is -2.14. The molecule has 0 bridgehead atoms. The fourth-order valence-corrected chi connectivity index (χ4v) is 1.62. The SMILES string of the molecule is CC(NC(N)=NC1CC1)c1ccc(Cl)cc1. The van der Waals surface area contributed by atoms with Crippen LogP contribution in [0.3, 0.4) is 0 Å². The van der Waals surface area contributed by atoms with Gasteiger partial charge in [-0.3, -0.25) is 4.99 Å². The highest BCUT2D eigenvalue weighted by molar-refractivity contribution is 6.30. The first-order valence-corrected chi connectivity index (χ1v) is 5.88. The van der Waals surface area contributed by atoms with Crippen molar-refractivity contribution in [3.05, 3.63) is 34.9 Å². The molecule has 2 rings (SSSR count). The van der Waals surface area contributed by atoms with Gasteiger partial charge in [-0.1, -0.05) is 23.7 Å². The fourth-order valence-electron chi connectivity index (χ4n) is 1.49. The van der Waals surface area contributed by atoms with Crippen LogP contribution in [0.25, 0.3) is 0 Å². The summed E-state index contributed by atoms with van der Waals surface area (Å²) < 4.78 is 0. The quantitative estimate of drug-likeness (QED) is 0.627. The van der Waals surface area contributed by atoms with Crippen molar-refractivity contribution in [1.29, 1.82) is 0 Å². The van der Waals surface area contributed by atoms with Crippen molar-refractivity contribution in [2.24, 2.45) is 10.7 Å². The third kappa shape index (κ3) is 3.14. The number of hydrogen-bond donors (Lipinski definition) is 2. The van der Waals surface area contributed by atoms with Crippen LogP contribution >= 0.6 is 11.6 Å². The summed E-state index contributed by atoms with van der Waals surface area (Å²) in [7, 11) is 0. The lowest BCUT2D eigenvalue weighted by molar-refractivity contribution is 0.707. The predicted octanol–water partition coefficient (Wildman–Crippen LogP) is 2.47. The first kappa shape index (κ1) is 11.3. The van der Waals surface area contributed by atoms with Crippen molar-refractivity contribution >= 4 is 17.6 Å². The van der Waals surface area contributed by atoms with E-state index in [1.165, 1.54) is 0 Å². The summed E-state index contributed by atoms with van der Waals surface area (Å²) in [4.78, 5) is 4.33. The number of nitrogens with two attached hydrogens (primary N) is 1. The highest BCUT2D eigenvalue weighted by atomic mass is 35.5. The molecule has 4 heteroatoms. The highest BCUT2D eigenvalue weighted by Gasteiger charge is 2.20. The first-order chi connectivity index (χ1) is 7.65. The summed E-state index contributed by atoms with van der Waals surface area (Å²) in [6.07, 6.45) is 2.33. The summed E-state index contributed by atoms with van der Waals surface area (Å²) in [5.74, 6) is 0.532. The molecule has 1 atom stereocenters.